The Balaban J connectivity index is 1.16. The zero-order chi connectivity index (χ0) is 36.0. The van der Waals surface area contributed by atoms with Crippen molar-refractivity contribution in [2.24, 2.45) is 0 Å². The van der Waals surface area contributed by atoms with E-state index in [1.165, 1.54) is 27.1 Å². The van der Waals surface area contributed by atoms with Crippen LogP contribution in [-0.2, 0) is 0 Å². The van der Waals surface area contributed by atoms with Crippen LogP contribution in [0.3, 0.4) is 0 Å². The molecule has 0 N–H and O–H groups in total. The second-order valence-electron chi connectivity index (χ2n) is 14.3. The average molecular weight is 703 g/mol. The van der Waals surface area contributed by atoms with Crippen LogP contribution >= 0.6 is 0 Å². The number of furan rings is 3. The standard InChI is InChI=1S/C52H30O3/c1-3-14-31(15-4-1)47-50-45(54-51(47)32-16-5-2-6-17-32)29-28-44-49(50)40-24-13-23-39(52(40)55-44)48-37-21-9-7-19-35(37)46(36-20-8-10-22-38(36)48)33-26-27-43-41(30-33)34-18-11-12-25-42(34)53-43/h1-30H. The van der Waals surface area contributed by atoms with Crippen LogP contribution in [0.4, 0.5) is 0 Å². The molecule has 0 bridgehead atoms. The Morgan fingerprint density at radius 3 is 1.53 bits per heavy atom. The minimum atomic E-state index is 0.832. The molecule has 3 nitrogen and oxygen atoms in total. The summed E-state index contributed by atoms with van der Waals surface area (Å²) in [5.41, 5.74) is 12.1. The minimum absolute atomic E-state index is 0.832. The van der Waals surface area contributed by atoms with Crippen LogP contribution in [0.5, 0.6) is 0 Å². The van der Waals surface area contributed by atoms with Crippen molar-refractivity contribution in [1.29, 1.82) is 0 Å². The Morgan fingerprint density at radius 1 is 0.273 bits per heavy atom. The molecule has 12 aromatic rings. The number of rotatable bonds is 4. The lowest BCUT2D eigenvalue weighted by Crippen LogP contribution is -1.91. The molecule has 0 radical (unpaired) electrons. The Bertz CT molecular complexity index is 3420. The predicted octanol–water partition coefficient (Wildman–Crippen LogP) is 15.2. The second-order valence-corrected chi connectivity index (χ2v) is 14.3. The fraction of sp³-hybridized carbons (Fsp3) is 0. The minimum Gasteiger partial charge on any atom is -0.456 e. The molecular formula is C52H30O3. The molecule has 0 aliphatic heterocycles. The third-order valence-electron chi connectivity index (χ3n) is 11.3. The first-order valence-electron chi connectivity index (χ1n) is 18.7. The van der Waals surface area contributed by atoms with E-state index in [0.29, 0.717) is 0 Å². The average Bonchev–Trinajstić information content (AvgIpc) is 3.95. The first-order valence-corrected chi connectivity index (χ1v) is 18.7. The summed E-state index contributed by atoms with van der Waals surface area (Å²) in [5, 5.41) is 10.1. The van der Waals surface area contributed by atoms with Gasteiger partial charge in [-0.3, -0.25) is 0 Å². The van der Waals surface area contributed by atoms with Crippen LogP contribution in [0.25, 0.3) is 121 Å². The van der Waals surface area contributed by atoms with E-state index in [-0.39, 0.29) is 0 Å². The van der Waals surface area contributed by atoms with Crippen molar-refractivity contribution in [2.45, 2.75) is 0 Å². The van der Waals surface area contributed by atoms with Gasteiger partial charge in [0.1, 0.15) is 33.7 Å². The molecule has 3 heteroatoms. The third-order valence-corrected chi connectivity index (χ3v) is 11.3. The Morgan fingerprint density at radius 2 is 0.818 bits per heavy atom. The van der Waals surface area contributed by atoms with Gasteiger partial charge in [-0.25, -0.2) is 0 Å². The van der Waals surface area contributed by atoms with Crippen molar-refractivity contribution in [3.8, 4) is 44.7 Å². The first kappa shape index (κ1) is 30.1. The Labute approximate surface area is 315 Å². The van der Waals surface area contributed by atoms with Gasteiger partial charge in [0.15, 0.2) is 0 Å². The second kappa shape index (κ2) is 11.6. The molecule has 256 valence electrons. The van der Waals surface area contributed by atoms with Gasteiger partial charge < -0.3 is 13.3 Å². The monoisotopic (exact) mass is 702 g/mol. The van der Waals surface area contributed by atoms with Crippen molar-refractivity contribution in [1.82, 2.24) is 0 Å². The summed E-state index contributed by atoms with van der Waals surface area (Å²) in [7, 11) is 0. The van der Waals surface area contributed by atoms with Crippen LogP contribution < -0.4 is 0 Å². The maximum atomic E-state index is 6.99. The van der Waals surface area contributed by atoms with Crippen LogP contribution in [0.1, 0.15) is 0 Å². The fourth-order valence-electron chi connectivity index (χ4n) is 8.96. The van der Waals surface area contributed by atoms with Gasteiger partial charge in [0.25, 0.3) is 0 Å². The van der Waals surface area contributed by atoms with Crippen molar-refractivity contribution < 1.29 is 13.3 Å². The molecule has 0 aliphatic carbocycles. The van der Waals surface area contributed by atoms with Crippen molar-refractivity contribution in [2.75, 3.05) is 0 Å². The highest BCUT2D eigenvalue weighted by Gasteiger charge is 2.25. The lowest BCUT2D eigenvalue weighted by molar-refractivity contribution is 0.632. The zero-order valence-corrected chi connectivity index (χ0v) is 29.5. The summed E-state index contributed by atoms with van der Waals surface area (Å²) < 4.78 is 20.0. The number of fused-ring (bicyclic) bond motifs is 10. The molecule has 0 amide bonds. The molecule has 0 saturated carbocycles. The summed E-state index contributed by atoms with van der Waals surface area (Å²) in [6, 6.07) is 64.1. The van der Waals surface area contributed by atoms with E-state index in [1.807, 2.05) is 18.2 Å². The van der Waals surface area contributed by atoms with E-state index >= 15 is 0 Å². The quantitative estimate of drug-likeness (QED) is 0.171. The first-order chi connectivity index (χ1) is 27.3. The smallest absolute Gasteiger partial charge is 0.143 e. The van der Waals surface area contributed by atoms with Gasteiger partial charge in [0.2, 0.25) is 0 Å². The Hall–Kier alpha value is -7.36. The zero-order valence-electron chi connectivity index (χ0n) is 29.5. The van der Waals surface area contributed by atoms with Gasteiger partial charge in [0.05, 0.1) is 0 Å². The van der Waals surface area contributed by atoms with E-state index in [1.54, 1.807) is 0 Å². The van der Waals surface area contributed by atoms with Crippen LogP contribution in [0.2, 0.25) is 0 Å². The van der Waals surface area contributed by atoms with Gasteiger partial charge >= 0.3 is 0 Å². The number of benzene rings is 9. The highest BCUT2D eigenvalue weighted by Crippen LogP contribution is 2.50. The summed E-state index contributed by atoms with van der Waals surface area (Å²) in [5.74, 6) is 0.856. The molecule has 0 spiro atoms. The molecular weight excluding hydrogens is 673 g/mol. The van der Waals surface area contributed by atoms with Crippen molar-refractivity contribution in [3.63, 3.8) is 0 Å². The maximum Gasteiger partial charge on any atom is 0.143 e. The molecule has 0 atom stereocenters. The van der Waals surface area contributed by atoms with Gasteiger partial charge in [-0.1, -0.05) is 152 Å². The molecule has 9 aromatic carbocycles. The highest BCUT2D eigenvalue weighted by atomic mass is 16.3. The number of hydrogen-bond acceptors (Lipinski definition) is 3. The number of para-hydroxylation sites is 2. The van der Waals surface area contributed by atoms with Gasteiger partial charge in [-0.2, -0.15) is 0 Å². The molecule has 55 heavy (non-hydrogen) atoms. The maximum absolute atomic E-state index is 6.99. The number of hydrogen-bond donors (Lipinski definition) is 0. The van der Waals surface area contributed by atoms with Gasteiger partial charge in [0, 0.05) is 49.2 Å². The fourth-order valence-corrected chi connectivity index (χ4v) is 8.96. The molecule has 0 saturated heterocycles. The summed E-state index contributed by atoms with van der Waals surface area (Å²) in [6.07, 6.45) is 0. The molecule has 0 fully saturated rings. The van der Waals surface area contributed by atoms with Crippen molar-refractivity contribution >= 4 is 76.4 Å². The SMILES string of the molecule is c1ccc(-c2oc3ccc4oc5c(-c6c7ccccc7c(-c7ccc8oc9ccccc9c8c7)c7ccccc67)cccc5c4c3c2-c2ccccc2)cc1. The summed E-state index contributed by atoms with van der Waals surface area (Å²) in [6.45, 7) is 0. The van der Waals surface area contributed by atoms with Crippen LogP contribution in [0, 0.1) is 0 Å². The molecule has 12 rings (SSSR count). The molecule has 3 heterocycles. The lowest BCUT2D eigenvalue weighted by atomic mass is 9.85. The summed E-state index contributed by atoms with van der Waals surface area (Å²) in [4.78, 5) is 0. The van der Waals surface area contributed by atoms with Crippen molar-refractivity contribution in [3.05, 3.63) is 182 Å². The van der Waals surface area contributed by atoms with E-state index in [4.69, 9.17) is 13.3 Å². The topological polar surface area (TPSA) is 39.4 Å². The van der Waals surface area contributed by atoms with Gasteiger partial charge in [-0.15, -0.1) is 0 Å². The van der Waals surface area contributed by atoms with Crippen LogP contribution in [-0.4, -0.2) is 0 Å². The largest absolute Gasteiger partial charge is 0.456 e. The van der Waals surface area contributed by atoms with E-state index in [2.05, 4.69) is 164 Å². The predicted molar refractivity (Wildman–Crippen MR) is 228 cm³/mol. The van der Waals surface area contributed by atoms with Gasteiger partial charge in [-0.05, 0) is 68.6 Å². The molecule has 3 aromatic heterocycles. The lowest BCUT2D eigenvalue weighted by Gasteiger charge is -2.18. The van der Waals surface area contributed by atoms with E-state index < -0.39 is 0 Å². The Kier molecular flexibility index (Phi) is 6.34. The molecule has 0 unspecified atom stereocenters. The highest BCUT2D eigenvalue weighted by molar-refractivity contribution is 6.28. The molecule has 0 aliphatic rings. The van der Waals surface area contributed by atoms with Crippen LogP contribution in [0.15, 0.2) is 195 Å². The summed E-state index contributed by atoms with van der Waals surface area (Å²) >= 11 is 0. The van der Waals surface area contributed by atoms with E-state index in [0.717, 1.165) is 94.0 Å². The third kappa shape index (κ3) is 4.38. The van der Waals surface area contributed by atoms with E-state index in [9.17, 15) is 0 Å². The normalized spacial score (nSPS) is 12.0.